The second kappa shape index (κ2) is 18.0. The largest absolute Gasteiger partial charge is 0.525 e. The van der Waals surface area contributed by atoms with Crippen molar-refractivity contribution in [2.75, 3.05) is 0 Å². The van der Waals surface area contributed by atoms with Crippen molar-refractivity contribution < 1.29 is 99.9 Å². The van der Waals surface area contributed by atoms with E-state index in [1.807, 2.05) is 0 Å². The lowest BCUT2D eigenvalue weighted by atomic mass is 9.93. The molecule has 0 unspecified atom stereocenters. The first-order valence-electron chi connectivity index (χ1n) is 16.4. The zero-order valence-electron chi connectivity index (χ0n) is 31.4. The van der Waals surface area contributed by atoms with Crippen LogP contribution in [0.3, 0.4) is 0 Å². The van der Waals surface area contributed by atoms with Crippen LogP contribution in [0.5, 0.6) is 51.7 Å². The van der Waals surface area contributed by atoms with Crippen molar-refractivity contribution in [1.82, 2.24) is 0 Å². The highest BCUT2D eigenvalue weighted by Gasteiger charge is 2.39. The Labute approximate surface area is 327 Å². The molecule has 3 aromatic carbocycles. The first kappa shape index (κ1) is 43.9. The molecule has 1 aliphatic heterocycles. The first-order chi connectivity index (χ1) is 27.0. The van der Waals surface area contributed by atoms with Gasteiger partial charge in [-0.15, -0.1) is 0 Å². The summed E-state index contributed by atoms with van der Waals surface area (Å²) in [4.78, 5) is 117. The fraction of sp³-hybridized carbons (Fsp3) is 0.278. The van der Waals surface area contributed by atoms with Crippen LogP contribution in [0.2, 0.25) is 0 Å². The van der Waals surface area contributed by atoms with Crippen LogP contribution >= 0.6 is 7.82 Å². The minimum absolute atomic E-state index is 0.0645. The fourth-order valence-corrected chi connectivity index (χ4v) is 5.73. The van der Waals surface area contributed by atoms with Crippen LogP contribution in [-0.2, 0) is 49.3 Å². The number of hydrogen-bond donors (Lipinski definition) is 2. The monoisotopic (exact) mass is 832 g/mol. The summed E-state index contributed by atoms with van der Waals surface area (Å²) in [6.07, 6.45) is -3.41. The van der Waals surface area contributed by atoms with Gasteiger partial charge in [0, 0.05) is 78.1 Å². The zero-order valence-corrected chi connectivity index (χ0v) is 32.3. The third-order valence-corrected chi connectivity index (χ3v) is 7.43. The van der Waals surface area contributed by atoms with Gasteiger partial charge in [-0.2, -0.15) is 0 Å². The van der Waals surface area contributed by atoms with Crippen molar-refractivity contribution in [3.8, 4) is 51.7 Å². The van der Waals surface area contributed by atoms with E-state index in [2.05, 4.69) is 4.52 Å². The van der Waals surface area contributed by atoms with Crippen molar-refractivity contribution in [2.45, 2.75) is 67.1 Å². The third kappa shape index (κ3) is 11.8. The molecule has 0 amide bonds. The Morgan fingerprint density at radius 1 is 0.569 bits per heavy atom. The molecule has 3 aromatic rings. The highest BCUT2D eigenvalue weighted by Crippen LogP contribution is 2.50. The Morgan fingerprint density at radius 3 is 1.43 bits per heavy atom. The molecule has 0 saturated carbocycles. The molecule has 0 fully saturated rings. The van der Waals surface area contributed by atoms with Gasteiger partial charge in [0.1, 0.15) is 23.4 Å². The molecule has 0 spiro atoms. The Morgan fingerprint density at radius 2 is 1.00 bits per heavy atom. The average molecular weight is 833 g/mol. The summed E-state index contributed by atoms with van der Waals surface area (Å²) in [6.45, 7) is 7.06. The van der Waals surface area contributed by atoms with E-state index in [4.69, 9.17) is 42.6 Å². The van der Waals surface area contributed by atoms with Gasteiger partial charge in [0.15, 0.2) is 29.1 Å². The summed E-state index contributed by atoms with van der Waals surface area (Å²) in [7, 11) is -5.40. The molecule has 2 atom stereocenters. The standard InChI is InChI=1S/C36H33O21P/c1-15(37)48-24-12-26(49-16(2)38)25-14-32(56-36(44)23-10-30(52-19(5)41)35(57-58(45,46)47)31(11-23)53-20(6)42)33(55-27(25)13-24)22-8-28(50-17(3)39)34(54-21(7)43)29(9-22)51-18(4)40/h8-13,32-33H,14H2,1-7H3,(H2,45,46,47)/t32-,33-/m1/s1. The van der Waals surface area contributed by atoms with Crippen LogP contribution in [0.1, 0.15) is 76.1 Å². The van der Waals surface area contributed by atoms with Gasteiger partial charge in [-0.25, -0.2) is 9.36 Å². The Bertz CT molecular complexity index is 2200. The fourth-order valence-electron chi connectivity index (χ4n) is 5.32. The lowest BCUT2D eigenvalue weighted by Gasteiger charge is -2.34. The molecule has 4 rings (SSSR count). The number of carbonyl (C=O) groups is 8. The minimum Gasteiger partial charge on any atom is -0.481 e. The quantitative estimate of drug-likeness (QED) is 0.150. The van der Waals surface area contributed by atoms with Crippen LogP contribution in [0.4, 0.5) is 0 Å². The van der Waals surface area contributed by atoms with Crippen LogP contribution < -0.4 is 42.4 Å². The summed E-state index contributed by atoms with van der Waals surface area (Å²) in [5, 5.41) is 0. The molecule has 308 valence electrons. The predicted molar refractivity (Wildman–Crippen MR) is 187 cm³/mol. The van der Waals surface area contributed by atoms with Crippen LogP contribution in [-0.4, -0.2) is 63.6 Å². The normalized spacial score (nSPS) is 14.3. The maximum absolute atomic E-state index is 14.0. The van der Waals surface area contributed by atoms with Crippen molar-refractivity contribution in [1.29, 1.82) is 0 Å². The highest BCUT2D eigenvalue weighted by atomic mass is 31.2. The number of benzene rings is 3. The van der Waals surface area contributed by atoms with E-state index in [9.17, 15) is 52.7 Å². The van der Waals surface area contributed by atoms with E-state index >= 15 is 0 Å². The van der Waals surface area contributed by atoms with Gasteiger partial charge >= 0.3 is 55.6 Å². The topological polar surface area (TPSA) is 286 Å². The van der Waals surface area contributed by atoms with E-state index in [-0.39, 0.29) is 34.8 Å². The molecule has 21 nitrogen and oxygen atoms in total. The molecule has 2 N–H and O–H groups in total. The van der Waals surface area contributed by atoms with Crippen molar-refractivity contribution in [3.63, 3.8) is 0 Å². The highest BCUT2D eigenvalue weighted by molar-refractivity contribution is 7.46. The van der Waals surface area contributed by atoms with Crippen molar-refractivity contribution in [2.24, 2.45) is 0 Å². The SMILES string of the molecule is CC(=O)Oc1cc(OC(C)=O)c2c(c1)O[C@H](c1cc(OC(C)=O)c(OC(C)=O)c(OC(C)=O)c1)[C@H](OC(=O)c1cc(OC(C)=O)c(OP(=O)(O)O)c(OC(C)=O)c1)C2. The van der Waals surface area contributed by atoms with Gasteiger partial charge in [0.25, 0.3) is 0 Å². The first-order valence-corrected chi connectivity index (χ1v) is 18.0. The van der Waals surface area contributed by atoms with E-state index in [0.717, 1.165) is 72.7 Å². The van der Waals surface area contributed by atoms with E-state index in [1.165, 1.54) is 12.1 Å². The molecule has 22 heteroatoms. The number of phosphoric acid groups is 1. The van der Waals surface area contributed by atoms with Crippen molar-refractivity contribution in [3.05, 3.63) is 53.1 Å². The zero-order chi connectivity index (χ0) is 43.2. The van der Waals surface area contributed by atoms with E-state index in [0.29, 0.717) is 0 Å². The molecule has 0 aromatic heterocycles. The number of rotatable bonds is 12. The lowest BCUT2D eigenvalue weighted by molar-refractivity contribution is -0.135. The van der Waals surface area contributed by atoms with Crippen LogP contribution in [0, 0.1) is 0 Å². The molecule has 0 saturated heterocycles. The molecule has 0 radical (unpaired) electrons. The number of carbonyl (C=O) groups excluding carboxylic acids is 8. The molecule has 58 heavy (non-hydrogen) atoms. The maximum atomic E-state index is 14.0. The second-order valence-electron chi connectivity index (χ2n) is 12.0. The van der Waals surface area contributed by atoms with Gasteiger partial charge in [-0.05, 0) is 24.3 Å². The summed E-state index contributed by atoms with van der Waals surface area (Å²) in [6, 6.07) is 6.28. The predicted octanol–water partition coefficient (Wildman–Crippen LogP) is 3.54. The average Bonchev–Trinajstić information content (AvgIpc) is 3.05. The van der Waals surface area contributed by atoms with Gasteiger partial charge < -0.3 is 47.2 Å². The summed E-state index contributed by atoms with van der Waals surface area (Å²) in [5.41, 5.74) is -0.527. The number of hydrogen-bond acceptors (Lipinski definition) is 19. The number of fused-ring (bicyclic) bond motifs is 1. The van der Waals surface area contributed by atoms with Gasteiger partial charge in [0.2, 0.25) is 11.5 Å². The maximum Gasteiger partial charge on any atom is 0.525 e. The summed E-state index contributed by atoms with van der Waals surface area (Å²) < 4.78 is 64.9. The Balaban J connectivity index is 1.98. The van der Waals surface area contributed by atoms with Crippen LogP contribution in [0.15, 0.2) is 36.4 Å². The molecule has 1 aliphatic rings. The van der Waals surface area contributed by atoms with Crippen LogP contribution in [0.25, 0.3) is 0 Å². The van der Waals surface area contributed by atoms with Crippen molar-refractivity contribution >= 4 is 55.6 Å². The Hall–Kier alpha value is -6.83. The molecular weight excluding hydrogens is 799 g/mol. The number of esters is 8. The van der Waals surface area contributed by atoms with E-state index < -0.39 is 108 Å². The second-order valence-corrected chi connectivity index (χ2v) is 13.1. The molecule has 0 aliphatic carbocycles. The molecular formula is C36H33O21P. The number of phosphoric ester groups is 1. The van der Waals surface area contributed by atoms with E-state index in [1.54, 1.807) is 0 Å². The minimum atomic E-state index is -5.40. The van der Waals surface area contributed by atoms with Gasteiger partial charge in [0.05, 0.1) is 5.56 Å². The smallest absolute Gasteiger partial charge is 0.481 e. The number of ether oxygens (including phenoxy) is 9. The Kier molecular flexibility index (Phi) is 13.6. The summed E-state index contributed by atoms with van der Waals surface area (Å²) >= 11 is 0. The summed E-state index contributed by atoms with van der Waals surface area (Å²) in [5.74, 6) is -12.0. The van der Waals surface area contributed by atoms with Gasteiger partial charge in [-0.1, -0.05) is 0 Å². The molecule has 1 heterocycles. The van der Waals surface area contributed by atoms with Gasteiger partial charge in [-0.3, -0.25) is 43.3 Å². The lowest BCUT2D eigenvalue weighted by Crippen LogP contribution is -2.35. The molecule has 0 bridgehead atoms. The third-order valence-electron chi connectivity index (χ3n) is 7.01.